The maximum atomic E-state index is 12.9. The third kappa shape index (κ3) is 3.06. The summed E-state index contributed by atoms with van der Waals surface area (Å²) in [6.45, 7) is 2.90. The van der Waals surface area contributed by atoms with Gasteiger partial charge in [-0.05, 0) is 50.6 Å². The van der Waals surface area contributed by atoms with Gasteiger partial charge in [0.25, 0.3) is 0 Å². The molecule has 2 aliphatic heterocycles. The van der Waals surface area contributed by atoms with E-state index in [9.17, 15) is 18.3 Å². The van der Waals surface area contributed by atoms with E-state index in [-0.39, 0.29) is 11.4 Å². The molecule has 7 nitrogen and oxygen atoms in total. The number of phenolic OH excluding ortho intramolecular Hbond substituents is 1. The van der Waals surface area contributed by atoms with Crippen molar-refractivity contribution in [3.63, 3.8) is 0 Å². The quantitative estimate of drug-likeness (QED) is 0.690. The molecule has 0 amide bonds. The van der Waals surface area contributed by atoms with Gasteiger partial charge in [-0.2, -0.15) is 13.2 Å². The second-order valence-corrected chi connectivity index (χ2v) is 8.06. The molecule has 5 rings (SSSR count). The van der Waals surface area contributed by atoms with Gasteiger partial charge in [0.15, 0.2) is 17.3 Å². The second kappa shape index (κ2) is 6.83. The summed E-state index contributed by atoms with van der Waals surface area (Å²) >= 11 is 0. The third-order valence-electron chi connectivity index (χ3n) is 6.21. The molecule has 3 aromatic rings. The van der Waals surface area contributed by atoms with Crippen LogP contribution in [0.2, 0.25) is 0 Å². The van der Waals surface area contributed by atoms with E-state index >= 15 is 0 Å². The van der Waals surface area contributed by atoms with Crippen LogP contribution in [0.15, 0.2) is 30.6 Å². The standard InChI is InChI=1S/C20H21F3N6O/c1-27-7-4-12-5-8-28(15(12)11-27)19-18-24-6-9-29(18)17(25-26-19)14-3-2-13(10-16(14)30)20(21,22)23/h2-3,6,9-10,12,15,30H,4-5,7-8,11H2,1H3/t12-,15-/m1/s1. The van der Waals surface area contributed by atoms with Crippen molar-refractivity contribution in [1.82, 2.24) is 24.5 Å². The van der Waals surface area contributed by atoms with Gasteiger partial charge in [-0.3, -0.25) is 4.40 Å². The number of nitrogens with zero attached hydrogens (tertiary/aromatic N) is 6. The van der Waals surface area contributed by atoms with Crippen LogP contribution in [0.25, 0.3) is 17.0 Å². The van der Waals surface area contributed by atoms with Crippen LogP contribution in [0.5, 0.6) is 5.75 Å². The summed E-state index contributed by atoms with van der Waals surface area (Å²) in [5, 5.41) is 18.9. The lowest BCUT2D eigenvalue weighted by atomic mass is 9.92. The number of imidazole rings is 1. The number of alkyl halides is 3. The van der Waals surface area contributed by atoms with Crippen molar-refractivity contribution in [3.8, 4) is 17.1 Å². The molecule has 2 atom stereocenters. The molecule has 0 spiro atoms. The van der Waals surface area contributed by atoms with Crippen molar-refractivity contribution < 1.29 is 18.3 Å². The fraction of sp³-hybridized carbons (Fsp3) is 0.450. The molecule has 2 aliphatic rings. The van der Waals surface area contributed by atoms with Crippen LogP contribution in [-0.2, 0) is 6.18 Å². The van der Waals surface area contributed by atoms with Gasteiger partial charge in [0, 0.05) is 31.5 Å². The molecular formula is C20H21F3N6O. The maximum Gasteiger partial charge on any atom is 0.416 e. The fourth-order valence-corrected chi connectivity index (χ4v) is 4.66. The van der Waals surface area contributed by atoms with Gasteiger partial charge in [-0.25, -0.2) is 4.98 Å². The maximum absolute atomic E-state index is 12.9. The molecule has 2 fully saturated rings. The third-order valence-corrected chi connectivity index (χ3v) is 6.21. The Morgan fingerprint density at radius 2 is 1.93 bits per heavy atom. The Labute approximate surface area is 170 Å². The predicted molar refractivity (Wildman–Crippen MR) is 104 cm³/mol. The summed E-state index contributed by atoms with van der Waals surface area (Å²) < 4.78 is 40.5. The van der Waals surface area contributed by atoms with Crippen LogP contribution in [0, 0.1) is 5.92 Å². The zero-order valence-electron chi connectivity index (χ0n) is 16.3. The normalized spacial score (nSPS) is 22.6. The minimum atomic E-state index is -4.53. The van der Waals surface area contributed by atoms with Crippen molar-refractivity contribution in [3.05, 3.63) is 36.2 Å². The average molecular weight is 418 g/mol. The first kappa shape index (κ1) is 19.1. The Bertz CT molecular complexity index is 1100. The number of aromatic hydroxyl groups is 1. The number of likely N-dealkylation sites (tertiary alicyclic amines) is 1. The highest BCUT2D eigenvalue weighted by molar-refractivity contribution is 5.72. The molecule has 2 aromatic heterocycles. The van der Waals surface area contributed by atoms with Crippen LogP contribution in [0.1, 0.15) is 18.4 Å². The van der Waals surface area contributed by atoms with Gasteiger partial charge in [0.05, 0.1) is 11.1 Å². The monoisotopic (exact) mass is 418 g/mol. The molecule has 4 heterocycles. The van der Waals surface area contributed by atoms with Crippen molar-refractivity contribution in [1.29, 1.82) is 0 Å². The highest BCUT2D eigenvalue weighted by Crippen LogP contribution is 2.38. The first-order valence-corrected chi connectivity index (χ1v) is 9.88. The number of benzene rings is 1. The summed E-state index contributed by atoms with van der Waals surface area (Å²) in [6.07, 6.45) is 0.991. The number of anilines is 1. The van der Waals surface area contributed by atoms with E-state index < -0.39 is 17.5 Å². The van der Waals surface area contributed by atoms with Gasteiger partial charge in [-0.1, -0.05) is 0 Å². The van der Waals surface area contributed by atoms with E-state index in [0.717, 1.165) is 38.5 Å². The van der Waals surface area contributed by atoms with Gasteiger partial charge < -0.3 is 14.9 Å². The molecule has 0 bridgehead atoms. The minimum Gasteiger partial charge on any atom is -0.507 e. The van der Waals surface area contributed by atoms with Crippen LogP contribution in [0.4, 0.5) is 19.0 Å². The van der Waals surface area contributed by atoms with Crippen LogP contribution in [-0.4, -0.2) is 62.3 Å². The van der Waals surface area contributed by atoms with E-state index in [2.05, 4.69) is 32.0 Å². The van der Waals surface area contributed by atoms with E-state index in [0.29, 0.717) is 29.5 Å². The highest BCUT2D eigenvalue weighted by atomic mass is 19.4. The molecule has 1 aromatic carbocycles. The number of aromatic nitrogens is 4. The first-order chi connectivity index (χ1) is 14.3. The summed E-state index contributed by atoms with van der Waals surface area (Å²) in [5.41, 5.74) is -0.172. The van der Waals surface area contributed by atoms with Crippen molar-refractivity contribution >= 4 is 11.5 Å². The molecule has 30 heavy (non-hydrogen) atoms. The molecule has 0 radical (unpaired) electrons. The van der Waals surface area contributed by atoms with E-state index in [1.807, 2.05) is 0 Å². The van der Waals surface area contributed by atoms with Crippen molar-refractivity contribution in [2.24, 2.45) is 5.92 Å². The first-order valence-electron chi connectivity index (χ1n) is 9.88. The number of hydrogen-bond donors (Lipinski definition) is 1. The predicted octanol–water partition coefficient (Wildman–Crippen LogP) is 3.05. The zero-order valence-corrected chi connectivity index (χ0v) is 16.3. The molecule has 0 unspecified atom stereocenters. The number of rotatable bonds is 2. The smallest absolute Gasteiger partial charge is 0.416 e. The van der Waals surface area contributed by atoms with E-state index in [1.165, 1.54) is 6.07 Å². The summed E-state index contributed by atoms with van der Waals surface area (Å²) in [7, 11) is 2.11. The van der Waals surface area contributed by atoms with Crippen molar-refractivity contribution in [2.75, 3.05) is 31.6 Å². The molecule has 10 heteroatoms. The average Bonchev–Trinajstić information content (AvgIpc) is 3.34. The van der Waals surface area contributed by atoms with Gasteiger partial charge in [0.1, 0.15) is 5.75 Å². The highest BCUT2D eigenvalue weighted by Gasteiger charge is 2.39. The summed E-state index contributed by atoms with van der Waals surface area (Å²) in [6, 6.07) is 3.18. The Hall–Kier alpha value is -2.88. The second-order valence-electron chi connectivity index (χ2n) is 8.06. The number of fused-ring (bicyclic) bond motifs is 2. The Morgan fingerprint density at radius 1 is 1.13 bits per heavy atom. The molecule has 0 saturated carbocycles. The van der Waals surface area contributed by atoms with Crippen LogP contribution >= 0.6 is 0 Å². The van der Waals surface area contributed by atoms with Gasteiger partial charge in [0.2, 0.25) is 0 Å². The lowest BCUT2D eigenvalue weighted by molar-refractivity contribution is -0.137. The number of piperidine rings is 1. The fourth-order valence-electron chi connectivity index (χ4n) is 4.66. The Kier molecular flexibility index (Phi) is 4.35. The summed E-state index contributed by atoms with van der Waals surface area (Å²) in [5.74, 6) is 1.01. The molecular weight excluding hydrogens is 397 g/mol. The van der Waals surface area contributed by atoms with Crippen molar-refractivity contribution in [2.45, 2.75) is 25.1 Å². The SMILES string of the molecule is CN1CC[C@@H]2CCN(c3nnc(-c4ccc(C(F)(F)F)cc4O)n4ccnc34)[C@@H]2C1. The molecule has 0 aliphatic carbocycles. The largest absolute Gasteiger partial charge is 0.507 e. The molecule has 2 saturated heterocycles. The van der Waals surface area contributed by atoms with Crippen LogP contribution in [0.3, 0.4) is 0 Å². The van der Waals surface area contributed by atoms with Gasteiger partial charge >= 0.3 is 6.18 Å². The van der Waals surface area contributed by atoms with E-state index in [1.54, 1.807) is 16.8 Å². The van der Waals surface area contributed by atoms with E-state index in [4.69, 9.17) is 0 Å². The van der Waals surface area contributed by atoms with Gasteiger partial charge in [-0.15, -0.1) is 10.2 Å². The number of phenols is 1. The lowest BCUT2D eigenvalue weighted by Crippen LogP contribution is -2.47. The lowest BCUT2D eigenvalue weighted by Gasteiger charge is -2.36. The Balaban J connectivity index is 1.56. The minimum absolute atomic E-state index is 0.168. The molecule has 158 valence electrons. The van der Waals surface area contributed by atoms with Crippen LogP contribution < -0.4 is 4.90 Å². The number of halogens is 3. The number of hydrogen-bond acceptors (Lipinski definition) is 6. The molecule has 1 N–H and O–H groups in total. The Morgan fingerprint density at radius 3 is 2.70 bits per heavy atom. The topological polar surface area (TPSA) is 69.8 Å². The summed E-state index contributed by atoms with van der Waals surface area (Å²) in [4.78, 5) is 8.99. The zero-order chi connectivity index (χ0) is 21.0. The number of likely N-dealkylation sites (N-methyl/N-ethyl adjacent to an activating group) is 1.